The smallest absolute Gasteiger partial charge is 0.261 e. The molecule has 0 radical (unpaired) electrons. The second-order valence-corrected chi connectivity index (χ2v) is 6.26. The Morgan fingerprint density at radius 1 is 1.48 bits per heavy atom. The van der Waals surface area contributed by atoms with Gasteiger partial charge in [-0.05, 0) is 30.9 Å². The zero-order valence-electron chi connectivity index (χ0n) is 13.2. The van der Waals surface area contributed by atoms with Crippen molar-refractivity contribution in [1.29, 1.82) is 0 Å². The number of aliphatic hydroxyl groups is 1. The summed E-state index contributed by atoms with van der Waals surface area (Å²) in [6, 6.07) is 1.87. The Morgan fingerprint density at radius 2 is 2.24 bits per heavy atom. The van der Waals surface area contributed by atoms with E-state index >= 15 is 0 Å². The van der Waals surface area contributed by atoms with Crippen LogP contribution in [-0.2, 0) is 0 Å². The average molecular weight is 307 g/mol. The van der Waals surface area contributed by atoms with Crippen molar-refractivity contribution >= 4 is 17.2 Å². The predicted octanol–water partition coefficient (Wildman–Crippen LogP) is 3.35. The zero-order valence-corrected chi connectivity index (χ0v) is 14.0. The van der Waals surface area contributed by atoms with E-state index in [1.54, 1.807) is 0 Å². The fourth-order valence-corrected chi connectivity index (χ4v) is 3.07. The van der Waals surface area contributed by atoms with Crippen molar-refractivity contribution in [3.8, 4) is 11.8 Å². The summed E-state index contributed by atoms with van der Waals surface area (Å²) in [5, 5.41) is 11.8. The number of unbranched alkanes of at least 4 members (excludes halogenated alkanes) is 1. The molecular formula is C17H25NO2S. The highest BCUT2D eigenvalue weighted by Crippen LogP contribution is 2.21. The van der Waals surface area contributed by atoms with Gasteiger partial charge in [-0.15, -0.1) is 11.3 Å². The van der Waals surface area contributed by atoms with Crippen molar-refractivity contribution in [3.63, 3.8) is 0 Å². The first-order valence-corrected chi connectivity index (χ1v) is 8.42. The maximum atomic E-state index is 12.2. The number of aliphatic hydroxyl groups excluding tert-OH is 1. The topological polar surface area (TPSA) is 49.3 Å². The van der Waals surface area contributed by atoms with Gasteiger partial charge in [0.25, 0.3) is 5.91 Å². The lowest BCUT2D eigenvalue weighted by molar-refractivity contribution is 0.0950. The van der Waals surface area contributed by atoms with E-state index in [9.17, 15) is 4.79 Å². The van der Waals surface area contributed by atoms with Crippen LogP contribution < -0.4 is 5.32 Å². The largest absolute Gasteiger partial charge is 0.384 e. The standard InChI is InChI=1S/C17H25NO2S/c1-4-6-8-14(5-2)12-18-17(20)16-11-13(3)15(21-16)9-7-10-19/h11,14,19H,4-6,8,10,12H2,1-3H3,(H,18,20). The number of carbonyl (C=O) groups excluding carboxylic acids is 1. The van der Waals surface area contributed by atoms with Crippen LogP contribution in [0, 0.1) is 24.7 Å². The lowest BCUT2D eigenvalue weighted by atomic mass is 9.99. The number of hydrogen-bond acceptors (Lipinski definition) is 3. The molecule has 0 aliphatic rings. The Hall–Kier alpha value is -1.31. The molecule has 0 bridgehead atoms. The van der Waals surface area contributed by atoms with Crippen molar-refractivity contribution in [2.24, 2.45) is 5.92 Å². The zero-order chi connectivity index (χ0) is 15.7. The monoisotopic (exact) mass is 307 g/mol. The summed E-state index contributed by atoms with van der Waals surface area (Å²) < 4.78 is 0. The molecule has 1 aromatic heterocycles. The SMILES string of the molecule is CCCCC(CC)CNC(=O)c1cc(C)c(C#CCO)s1. The fourth-order valence-electron chi connectivity index (χ4n) is 2.11. The van der Waals surface area contributed by atoms with E-state index in [1.165, 1.54) is 30.6 Å². The van der Waals surface area contributed by atoms with Crippen LogP contribution in [0.2, 0.25) is 0 Å². The van der Waals surface area contributed by atoms with E-state index in [4.69, 9.17) is 5.11 Å². The number of amides is 1. The van der Waals surface area contributed by atoms with Crippen LogP contribution in [0.1, 0.15) is 59.6 Å². The third-order valence-corrected chi connectivity index (χ3v) is 4.67. The Bertz CT molecular complexity index is 511. The molecule has 0 fully saturated rings. The van der Waals surface area contributed by atoms with Gasteiger partial charge in [-0.3, -0.25) is 4.79 Å². The minimum atomic E-state index is -0.158. The summed E-state index contributed by atoms with van der Waals surface area (Å²) in [6.45, 7) is 6.88. The molecule has 1 rings (SSSR count). The molecule has 1 heterocycles. The molecule has 1 atom stereocenters. The number of carbonyl (C=O) groups is 1. The highest BCUT2D eigenvalue weighted by atomic mass is 32.1. The van der Waals surface area contributed by atoms with E-state index < -0.39 is 0 Å². The van der Waals surface area contributed by atoms with Gasteiger partial charge in [0.15, 0.2) is 0 Å². The molecule has 0 spiro atoms. The van der Waals surface area contributed by atoms with E-state index in [2.05, 4.69) is 31.0 Å². The summed E-state index contributed by atoms with van der Waals surface area (Å²) in [7, 11) is 0. The summed E-state index contributed by atoms with van der Waals surface area (Å²) in [5.74, 6) is 6.05. The number of thiophene rings is 1. The van der Waals surface area contributed by atoms with Crippen molar-refractivity contribution in [2.45, 2.75) is 46.5 Å². The Balaban J connectivity index is 2.59. The van der Waals surface area contributed by atoms with Gasteiger partial charge in [0.2, 0.25) is 0 Å². The van der Waals surface area contributed by atoms with Gasteiger partial charge in [0.1, 0.15) is 6.61 Å². The molecule has 0 aromatic carbocycles. The molecule has 116 valence electrons. The molecule has 1 aromatic rings. The first-order valence-electron chi connectivity index (χ1n) is 7.60. The molecule has 0 saturated carbocycles. The van der Waals surface area contributed by atoms with Gasteiger partial charge in [-0.2, -0.15) is 0 Å². The number of hydrogen-bond donors (Lipinski definition) is 2. The highest BCUT2D eigenvalue weighted by Gasteiger charge is 2.13. The summed E-state index contributed by atoms with van der Waals surface area (Å²) in [6.07, 6.45) is 4.68. The van der Waals surface area contributed by atoms with Gasteiger partial charge in [0, 0.05) is 6.54 Å². The summed E-state index contributed by atoms with van der Waals surface area (Å²) in [5.41, 5.74) is 0.990. The minimum Gasteiger partial charge on any atom is -0.384 e. The minimum absolute atomic E-state index is 0.0184. The van der Waals surface area contributed by atoms with Gasteiger partial charge < -0.3 is 10.4 Å². The summed E-state index contributed by atoms with van der Waals surface area (Å²) in [4.78, 5) is 13.7. The third-order valence-electron chi connectivity index (χ3n) is 3.52. The quantitative estimate of drug-likeness (QED) is 0.759. The Kier molecular flexibility index (Phi) is 8.11. The van der Waals surface area contributed by atoms with Crippen LogP contribution in [0.3, 0.4) is 0 Å². The van der Waals surface area contributed by atoms with Crippen molar-refractivity contribution in [1.82, 2.24) is 5.32 Å². The fraction of sp³-hybridized carbons (Fsp3) is 0.588. The third kappa shape index (κ3) is 5.91. The molecule has 1 amide bonds. The van der Waals surface area contributed by atoms with Crippen LogP contribution in [0.15, 0.2) is 6.07 Å². The molecule has 0 aliphatic carbocycles. The highest BCUT2D eigenvalue weighted by molar-refractivity contribution is 7.14. The lowest BCUT2D eigenvalue weighted by Crippen LogP contribution is -2.28. The lowest BCUT2D eigenvalue weighted by Gasteiger charge is -2.14. The van der Waals surface area contributed by atoms with Gasteiger partial charge in [0.05, 0.1) is 9.75 Å². The number of nitrogens with one attached hydrogen (secondary N) is 1. The number of aryl methyl sites for hydroxylation is 1. The van der Waals surface area contributed by atoms with Crippen LogP contribution in [0.5, 0.6) is 0 Å². The van der Waals surface area contributed by atoms with Gasteiger partial charge in [-0.1, -0.05) is 45.0 Å². The maximum Gasteiger partial charge on any atom is 0.261 e. The van der Waals surface area contributed by atoms with Crippen molar-refractivity contribution in [2.75, 3.05) is 13.2 Å². The van der Waals surface area contributed by atoms with E-state index in [0.29, 0.717) is 10.8 Å². The predicted molar refractivity (Wildman–Crippen MR) is 88.7 cm³/mol. The Labute approximate surface area is 131 Å². The van der Waals surface area contributed by atoms with E-state index in [1.807, 2.05) is 13.0 Å². The van der Waals surface area contributed by atoms with Crippen LogP contribution in [0.25, 0.3) is 0 Å². The van der Waals surface area contributed by atoms with Crippen LogP contribution in [-0.4, -0.2) is 24.2 Å². The second kappa shape index (κ2) is 9.59. The average Bonchev–Trinajstić information content (AvgIpc) is 2.86. The normalized spacial score (nSPS) is 11.6. The molecule has 3 nitrogen and oxygen atoms in total. The molecule has 0 aliphatic heterocycles. The Morgan fingerprint density at radius 3 is 2.86 bits per heavy atom. The van der Waals surface area contributed by atoms with Crippen LogP contribution in [0.4, 0.5) is 0 Å². The maximum absolute atomic E-state index is 12.2. The van der Waals surface area contributed by atoms with Gasteiger partial charge >= 0.3 is 0 Å². The first kappa shape index (κ1) is 17.7. The molecule has 2 N–H and O–H groups in total. The van der Waals surface area contributed by atoms with Crippen molar-refractivity contribution in [3.05, 3.63) is 21.4 Å². The molecule has 0 saturated heterocycles. The molecule has 1 unspecified atom stereocenters. The first-order chi connectivity index (χ1) is 10.1. The summed E-state index contributed by atoms with van der Waals surface area (Å²) >= 11 is 1.39. The second-order valence-electron chi connectivity index (χ2n) is 5.21. The molecule has 21 heavy (non-hydrogen) atoms. The van der Waals surface area contributed by atoms with Gasteiger partial charge in [-0.25, -0.2) is 0 Å². The van der Waals surface area contributed by atoms with Crippen LogP contribution >= 0.6 is 11.3 Å². The number of rotatable bonds is 7. The molecular weight excluding hydrogens is 282 g/mol. The van der Waals surface area contributed by atoms with Crippen molar-refractivity contribution < 1.29 is 9.90 Å². The van der Waals surface area contributed by atoms with E-state index in [-0.39, 0.29) is 12.5 Å². The molecule has 4 heteroatoms. The van der Waals surface area contributed by atoms with E-state index in [0.717, 1.165) is 23.4 Å².